The Balaban J connectivity index is 1.46. The van der Waals surface area contributed by atoms with E-state index in [0.717, 1.165) is 18.5 Å². The Morgan fingerprint density at radius 1 is 1.24 bits per heavy atom. The molecule has 8 nitrogen and oxygen atoms in total. The lowest BCUT2D eigenvalue weighted by Gasteiger charge is -2.18. The van der Waals surface area contributed by atoms with E-state index in [1.807, 2.05) is 36.1 Å². The molecule has 0 spiro atoms. The summed E-state index contributed by atoms with van der Waals surface area (Å²) >= 11 is 0. The lowest BCUT2D eigenvalue weighted by molar-refractivity contribution is -0.129. The lowest BCUT2D eigenvalue weighted by atomic mass is 10.2. The van der Waals surface area contributed by atoms with Gasteiger partial charge in [0, 0.05) is 44.8 Å². The number of nitrogens with one attached hydrogen (secondary N) is 3. The van der Waals surface area contributed by atoms with Crippen LogP contribution >= 0.6 is 0 Å². The van der Waals surface area contributed by atoms with Crippen LogP contribution in [-0.4, -0.2) is 48.9 Å². The zero-order chi connectivity index (χ0) is 20.6. The molecule has 1 aromatic heterocycles. The molecule has 1 fully saturated rings. The molecule has 1 aliphatic rings. The maximum Gasteiger partial charge on any atom is 0.291 e. The summed E-state index contributed by atoms with van der Waals surface area (Å²) < 4.78 is 5.09. The van der Waals surface area contributed by atoms with E-state index in [1.54, 1.807) is 19.2 Å². The summed E-state index contributed by atoms with van der Waals surface area (Å²) in [6.07, 6.45) is 2.92. The van der Waals surface area contributed by atoms with Crippen LogP contribution in [0.15, 0.2) is 52.1 Å². The zero-order valence-corrected chi connectivity index (χ0v) is 16.8. The predicted molar refractivity (Wildman–Crippen MR) is 112 cm³/mol. The summed E-state index contributed by atoms with van der Waals surface area (Å²) in [5.41, 5.74) is 1.75. The monoisotopic (exact) mass is 397 g/mol. The SMILES string of the molecule is CCC(=O)N1CCC(NC(=NC)NCc2ccc(NC(=O)c3ccco3)cc2)C1. The summed E-state index contributed by atoms with van der Waals surface area (Å²) in [7, 11) is 1.73. The summed E-state index contributed by atoms with van der Waals surface area (Å²) in [5, 5.41) is 9.45. The van der Waals surface area contributed by atoms with Crippen LogP contribution in [-0.2, 0) is 11.3 Å². The number of amides is 2. The first kappa shape index (κ1) is 20.4. The minimum Gasteiger partial charge on any atom is -0.459 e. The molecule has 154 valence electrons. The Kier molecular flexibility index (Phi) is 6.89. The Labute approximate surface area is 170 Å². The Hall–Kier alpha value is -3.29. The average Bonchev–Trinajstić information content (AvgIpc) is 3.44. The van der Waals surface area contributed by atoms with Crippen molar-refractivity contribution in [2.45, 2.75) is 32.4 Å². The smallest absolute Gasteiger partial charge is 0.291 e. The van der Waals surface area contributed by atoms with Crippen molar-refractivity contribution in [3.63, 3.8) is 0 Å². The minimum atomic E-state index is -0.280. The van der Waals surface area contributed by atoms with Gasteiger partial charge in [-0.05, 0) is 36.2 Å². The quantitative estimate of drug-likeness (QED) is 0.513. The van der Waals surface area contributed by atoms with E-state index in [1.165, 1.54) is 6.26 Å². The molecule has 0 radical (unpaired) electrons. The summed E-state index contributed by atoms with van der Waals surface area (Å²) in [6, 6.07) is 11.1. The number of nitrogens with zero attached hydrogens (tertiary/aromatic N) is 2. The third-order valence-electron chi connectivity index (χ3n) is 4.82. The molecule has 0 saturated carbocycles. The first-order valence-electron chi connectivity index (χ1n) is 9.77. The van der Waals surface area contributed by atoms with Crippen LogP contribution < -0.4 is 16.0 Å². The second kappa shape index (κ2) is 9.77. The van der Waals surface area contributed by atoms with E-state index in [0.29, 0.717) is 31.2 Å². The van der Waals surface area contributed by atoms with Gasteiger partial charge < -0.3 is 25.3 Å². The van der Waals surface area contributed by atoms with Crippen molar-refractivity contribution in [1.29, 1.82) is 0 Å². The average molecular weight is 397 g/mol. The summed E-state index contributed by atoms with van der Waals surface area (Å²) in [4.78, 5) is 30.0. The number of carbonyl (C=O) groups is 2. The number of rotatable bonds is 6. The van der Waals surface area contributed by atoms with Gasteiger partial charge in [0.2, 0.25) is 5.91 Å². The van der Waals surface area contributed by atoms with E-state index in [9.17, 15) is 9.59 Å². The fraction of sp³-hybridized carbons (Fsp3) is 0.381. The van der Waals surface area contributed by atoms with Crippen molar-refractivity contribution >= 4 is 23.5 Å². The fourth-order valence-electron chi connectivity index (χ4n) is 3.21. The molecule has 1 unspecified atom stereocenters. The lowest BCUT2D eigenvalue weighted by Crippen LogP contribution is -2.44. The van der Waals surface area contributed by atoms with E-state index >= 15 is 0 Å². The molecular formula is C21H27N5O3. The van der Waals surface area contributed by atoms with Gasteiger partial charge in [-0.2, -0.15) is 0 Å². The molecule has 8 heteroatoms. The van der Waals surface area contributed by atoms with Crippen molar-refractivity contribution < 1.29 is 14.0 Å². The zero-order valence-electron chi connectivity index (χ0n) is 16.8. The van der Waals surface area contributed by atoms with Gasteiger partial charge in [0.15, 0.2) is 11.7 Å². The van der Waals surface area contributed by atoms with Crippen molar-refractivity contribution in [2.24, 2.45) is 4.99 Å². The van der Waals surface area contributed by atoms with Gasteiger partial charge in [0.1, 0.15) is 0 Å². The molecular weight excluding hydrogens is 370 g/mol. The number of likely N-dealkylation sites (tertiary alicyclic amines) is 1. The number of hydrogen-bond donors (Lipinski definition) is 3. The van der Waals surface area contributed by atoms with Gasteiger partial charge in [0.05, 0.1) is 6.26 Å². The van der Waals surface area contributed by atoms with Gasteiger partial charge in [-0.3, -0.25) is 14.6 Å². The number of carbonyl (C=O) groups excluding carboxylic acids is 2. The third kappa shape index (κ3) is 5.60. The standard InChI is InChI=1S/C21H27N5O3/c1-3-19(27)26-11-10-17(14-26)25-21(22-2)23-13-15-6-8-16(9-7-15)24-20(28)18-5-4-12-29-18/h4-9,12,17H,3,10-11,13-14H2,1-2H3,(H,24,28)(H2,22,23,25). The highest BCUT2D eigenvalue weighted by atomic mass is 16.3. The highest BCUT2D eigenvalue weighted by Crippen LogP contribution is 2.12. The molecule has 0 aliphatic carbocycles. The van der Waals surface area contributed by atoms with Crippen LogP contribution in [0, 0.1) is 0 Å². The van der Waals surface area contributed by atoms with Crippen molar-refractivity contribution in [2.75, 3.05) is 25.5 Å². The Morgan fingerprint density at radius 3 is 2.69 bits per heavy atom. The van der Waals surface area contributed by atoms with E-state index in [-0.39, 0.29) is 23.6 Å². The number of hydrogen-bond acceptors (Lipinski definition) is 4. The van der Waals surface area contributed by atoms with Crippen molar-refractivity contribution in [3.8, 4) is 0 Å². The Morgan fingerprint density at radius 2 is 2.03 bits per heavy atom. The molecule has 29 heavy (non-hydrogen) atoms. The van der Waals surface area contributed by atoms with Crippen LogP contribution in [0.4, 0.5) is 5.69 Å². The van der Waals surface area contributed by atoms with Gasteiger partial charge in [-0.25, -0.2) is 0 Å². The topological polar surface area (TPSA) is 99.0 Å². The van der Waals surface area contributed by atoms with Gasteiger partial charge >= 0.3 is 0 Å². The highest BCUT2D eigenvalue weighted by Gasteiger charge is 2.25. The highest BCUT2D eigenvalue weighted by molar-refractivity contribution is 6.02. The minimum absolute atomic E-state index is 0.191. The van der Waals surface area contributed by atoms with Crippen LogP contribution in [0.2, 0.25) is 0 Å². The van der Waals surface area contributed by atoms with Gasteiger partial charge in [0.25, 0.3) is 5.91 Å². The number of benzene rings is 1. The fourth-order valence-corrected chi connectivity index (χ4v) is 3.21. The first-order chi connectivity index (χ1) is 14.1. The van der Waals surface area contributed by atoms with Crippen LogP contribution in [0.25, 0.3) is 0 Å². The van der Waals surface area contributed by atoms with Crippen LogP contribution in [0.5, 0.6) is 0 Å². The Bertz CT molecular complexity index is 846. The predicted octanol–water partition coefficient (Wildman–Crippen LogP) is 2.21. The van der Waals surface area contributed by atoms with Crippen LogP contribution in [0.1, 0.15) is 35.9 Å². The van der Waals surface area contributed by atoms with Gasteiger partial charge in [-0.1, -0.05) is 19.1 Å². The van der Waals surface area contributed by atoms with Crippen molar-refractivity contribution in [1.82, 2.24) is 15.5 Å². The van der Waals surface area contributed by atoms with E-state index in [4.69, 9.17) is 4.42 Å². The normalized spacial score (nSPS) is 16.6. The van der Waals surface area contributed by atoms with Crippen molar-refractivity contribution in [3.05, 3.63) is 54.0 Å². The van der Waals surface area contributed by atoms with Crippen LogP contribution in [0.3, 0.4) is 0 Å². The number of guanidine groups is 1. The molecule has 1 saturated heterocycles. The number of anilines is 1. The molecule has 3 N–H and O–H groups in total. The summed E-state index contributed by atoms with van der Waals surface area (Å²) in [6.45, 7) is 3.97. The molecule has 1 atom stereocenters. The molecule has 1 aromatic carbocycles. The molecule has 3 rings (SSSR count). The molecule has 2 amide bonds. The molecule has 1 aliphatic heterocycles. The molecule has 0 bridgehead atoms. The molecule has 2 aromatic rings. The summed E-state index contributed by atoms with van der Waals surface area (Å²) in [5.74, 6) is 0.891. The van der Waals surface area contributed by atoms with E-state index in [2.05, 4.69) is 20.9 Å². The number of furan rings is 1. The maximum atomic E-state index is 12.0. The molecule has 2 heterocycles. The maximum absolute atomic E-state index is 12.0. The third-order valence-corrected chi connectivity index (χ3v) is 4.82. The van der Waals surface area contributed by atoms with E-state index < -0.39 is 0 Å². The number of aliphatic imine (C=N–C) groups is 1. The first-order valence-corrected chi connectivity index (χ1v) is 9.77. The second-order valence-electron chi connectivity index (χ2n) is 6.88. The van der Waals surface area contributed by atoms with Gasteiger partial charge in [-0.15, -0.1) is 0 Å². The second-order valence-corrected chi connectivity index (χ2v) is 6.88. The largest absolute Gasteiger partial charge is 0.459 e.